The van der Waals surface area contributed by atoms with Gasteiger partial charge in [0.15, 0.2) is 0 Å². The van der Waals surface area contributed by atoms with Gasteiger partial charge in [-0.25, -0.2) is 0 Å². The van der Waals surface area contributed by atoms with Gasteiger partial charge in [0.1, 0.15) is 0 Å². The van der Waals surface area contributed by atoms with Crippen LogP contribution in [0.3, 0.4) is 0 Å². The van der Waals surface area contributed by atoms with E-state index >= 15 is 0 Å². The number of carbonyl (C=O) groups excluding carboxylic acids is 1. The van der Waals surface area contributed by atoms with Crippen LogP contribution in [0.1, 0.15) is 38.5 Å². The molecule has 20 heavy (non-hydrogen) atoms. The lowest BCUT2D eigenvalue weighted by Crippen LogP contribution is -2.40. The standard InChI is InChI=1S/C16H24N2O.ClH/c1-18(15-11-7-2-3-8-12-15)16(19)13-17-14-9-5-4-6-10-14;/h4-6,9-10,15,17H,2-3,7-8,11-13H2,1H3;1H. The summed E-state index contributed by atoms with van der Waals surface area (Å²) < 4.78 is 0. The first-order valence-corrected chi connectivity index (χ1v) is 7.32. The Labute approximate surface area is 128 Å². The second-order valence-corrected chi connectivity index (χ2v) is 5.37. The molecule has 0 heterocycles. The number of likely N-dealkylation sites (N-methyl/N-ethyl adjacent to an activating group) is 1. The number of halogens is 1. The van der Waals surface area contributed by atoms with Gasteiger partial charge in [-0.1, -0.05) is 43.9 Å². The van der Waals surface area contributed by atoms with E-state index < -0.39 is 0 Å². The summed E-state index contributed by atoms with van der Waals surface area (Å²) in [7, 11) is 1.95. The van der Waals surface area contributed by atoms with Crippen molar-refractivity contribution in [2.24, 2.45) is 0 Å². The SMILES string of the molecule is CN(C(=O)CNc1ccccc1)C1CCCCCC1.Cl. The van der Waals surface area contributed by atoms with Crippen LogP contribution in [0.25, 0.3) is 0 Å². The first-order valence-electron chi connectivity index (χ1n) is 7.32. The maximum Gasteiger partial charge on any atom is 0.241 e. The molecule has 1 aliphatic carbocycles. The molecule has 0 aromatic heterocycles. The monoisotopic (exact) mass is 296 g/mol. The number of anilines is 1. The van der Waals surface area contributed by atoms with Crippen LogP contribution >= 0.6 is 12.4 Å². The van der Waals surface area contributed by atoms with Crippen molar-refractivity contribution in [3.8, 4) is 0 Å². The highest BCUT2D eigenvalue weighted by Crippen LogP contribution is 2.21. The molecule has 4 heteroatoms. The lowest BCUT2D eigenvalue weighted by molar-refractivity contribution is -0.130. The van der Waals surface area contributed by atoms with Gasteiger partial charge in [-0.05, 0) is 25.0 Å². The summed E-state index contributed by atoms with van der Waals surface area (Å²) in [5, 5.41) is 3.19. The Kier molecular flexibility index (Phi) is 7.45. The molecule has 1 saturated carbocycles. The van der Waals surface area contributed by atoms with Gasteiger partial charge in [-0.2, -0.15) is 0 Å². The fourth-order valence-electron chi connectivity index (χ4n) is 2.71. The van der Waals surface area contributed by atoms with Gasteiger partial charge in [0.25, 0.3) is 0 Å². The molecule has 0 unspecified atom stereocenters. The van der Waals surface area contributed by atoms with Crippen molar-refractivity contribution in [3.63, 3.8) is 0 Å². The average molecular weight is 297 g/mol. The minimum atomic E-state index is 0. The molecule has 0 bridgehead atoms. The fraction of sp³-hybridized carbons (Fsp3) is 0.562. The number of rotatable bonds is 4. The topological polar surface area (TPSA) is 32.3 Å². The third-order valence-electron chi connectivity index (χ3n) is 3.98. The first-order chi connectivity index (χ1) is 9.27. The van der Waals surface area contributed by atoms with Crippen LogP contribution in [0.4, 0.5) is 5.69 Å². The van der Waals surface area contributed by atoms with E-state index in [2.05, 4.69) is 5.32 Å². The van der Waals surface area contributed by atoms with E-state index in [0.717, 1.165) is 18.5 Å². The summed E-state index contributed by atoms with van der Waals surface area (Å²) in [6.07, 6.45) is 7.48. The molecule has 0 spiro atoms. The average Bonchev–Trinajstić information content (AvgIpc) is 2.74. The summed E-state index contributed by atoms with van der Waals surface area (Å²) in [4.78, 5) is 14.1. The van der Waals surface area contributed by atoms with Gasteiger partial charge in [0.2, 0.25) is 5.91 Å². The van der Waals surface area contributed by atoms with Gasteiger partial charge in [0.05, 0.1) is 6.54 Å². The highest BCUT2D eigenvalue weighted by atomic mass is 35.5. The maximum absolute atomic E-state index is 12.2. The summed E-state index contributed by atoms with van der Waals surface area (Å²) in [6.45, 7) is 0.386. The van der Waals surface area contributed by atoms with Crippen molar-refractivity contribution in [3.05, 3.63) is 30.3 Å². The van der Waals surface area contributed by atoms with Crippen LogP contribution in [-0.4, -0.2) is 30.4 Å². The predicted molar refractivity (Wildman–Crippen MR) is 86.4 cm³/mol. The minimum absolute atomic E-state index is 0. The smallest absolute Gasteiger partial charge is 0.241 e. The van der Waals surface area contributed by atoms with Crippen molar-refractivity contribution in [1.29, 1.82) is 0 Å². The number of hydrogen-bond acceptors (Lipinski definition) is 2. The van der Waals surface area contributed by atoms with Crippen molar-refractivity contribution in [2.45, 2.75) is 44.6 Å². The molecule has 1 amide bonds. The summed E-state index contributed by atoms with van der Waals surface area (Å²) in [5.41, 5.74) is 1.00. The number of hydrogen-bond donors (Lipinski definition) is 1. The molecule has 0 radical (unpaired) electrons. The van der Waals surface area contributed by atoms with E-state index in [1.165, 1.54) is 25.7 Å². The zero-order chi connectivity index (χ0) is 13.5. The van der Waals surface area contributed by atoms with Crippen LogP contribution in [0.15, 0.2) is 30.3 Å². The van der Waals surface area contributed by atoms with E-state index in [0.29, 0.717) is 12.6 Å². The number of amides is 1. The zero-order valence-electron chi connectivity index (χ0n) is 12.2. The molecule has 1 aromatic carbocycles. The number of para-hydroxylation sites is 1. The molecular formula is C16H25ClN2O. The van der Waals surface area contributed by atoms with Gasteiger partial charge in [-0.3, -0.25) is 4.79 Å². The Hall–Kier alpha value is -1.22. The second-order valence-electron chi connectivity index (χ2n) is 5.37. The highest BCUT2D eigenvalue weighted by Gasteiger charge is 2.20. The molecule has 0 atom stereocenters. The normalized spacial score (nSPS) is 15.8. The second kappa shape index (κ2) is 8.85. The molecule has 2 rings (SSSR count). The van der Waals surface area contributed by atoms with E-state index in [4.69, 9.17) is 0 Å². The Balaban J connectivity index is 0.00000200. The summed E-state index contributed by atoms with van der Waals surface area (Å²) in [5.74, 6) is 0.191. The van der Waals surface area contributed by atoms with E-state index in [9.17, 15) is 4.79 Å². The van der Waals surface area contributed by atoms with Crippen molar-refractivity contribution in [1.82, 2.24) is 4.90 Å². The molecule has 3 nitrogen and oxygen atoms in total. The molecular weight excluding hydrogens is 272 g/mol. The first kappa shape index (κ1) is 16.8. The van der Waals surface area contributed by atoms with Crippen LogP contribution in [-0.2, 0) is 4.79 Å². The maximum atomic E-state index is 12.2. The molecule has 1 aromatic rings. The van der Waals surface area contributed by atoms with Crippen LogP contribution in [0.5, 0.6) is 0 Å². The van der Waals surface area contributed by atoms with Crippen LogP contribution in [0.2, 0.25) is 0 Å². The van der Waals surface area contributed by atoms with Crippen molar-refractivity contribution >= 4 is 24.0 Å². The van der Waals surface area contributed by atoms with Gasteiger partial charge in [0, 0.05) is 18.8 Å². The number of nitrogens with one attached hydrogen (secondary N) is 1. The largest absolute Gasteiger partial charge is 0.376 e. The number of nitrogens with zero attached hydrogens (tertiary/aromatic N) is 1. The van der Waals surface area contributed by atoms with Gasteiger partial charge >= 0.3 is 0 Å². The fourth-order valence-corrected chi connectivity index (χ4v) is 2.71. The summed E-state index contributed by atoms with van der Waals surface area (Å²) in [6, 6.07) is 10.3. The highest BCUT2D eigenvalue weighted by molar-refractivity contribution is 5.85. The molecule has 0 aliphatic heterocycles. The molecule has 0 saturated heterocycles. The van der Waals surface area contributed by atoms with Gasteiger partial charge < -0.3 is 10.2 Å². The third kappa shape index (κ3) is 5.04. The van der Waals surface area contributed by atoms with Crippen LogP contribution < -0.4 is 5.32 Å². The Morgan fingerprint density at radius 1 is 1.15 bits per heavy atom. The number of carbonyl (C=O) groups is 1. The lowest BCUT2D eigenvalue weighted by Gasteiger charge is -2.27. The van der Waals surface area contributed by atoms with E-state index in [-0.39, 0.29) is 18.3 Å². The predicted octanol–water partition coefficient (Wildman–Crippen LogP) is 3.70. The Bertz CT molecular complexity index is 389. The van der Waals surface area contributed by atoms with Gasteiger partial charge in [-0.15, -0.1) is 12.4 Å². The molecule has 112 valence electrons. The zero-order valence-corrected chi connectivity index (χ0v) is 13.0. The minimum Gasteiger partial charge on any atom is -0.376 e. The molecule has 1 fully saturated rings. The van der Waals surface area contributed by atoms with Crippen molar-refractivity contribution < 1.29 is 4.79 Å². The molecule has 1 aliphatic rings. The van der Waals surface area contributed by atoms with E-state index in [1.54, 1.807) is 0 Å². The molecule has 1 N–H and O–H groups in total. The summed E-state index contributed by atoms with van der Waals surface area (Å²) >= 11 is 0. The third-order valence-corrected chi connectivity index (χ3v) is 3.98. The van der Waals surface area contributed by atoms with E-state index in [1.807, 2.05) is 42.3 Å². The Morgan fingerprint density at radius 3 is 2.35 bits per heavy atom. The number of benzene rings is 1. The van der Waals surface area contributed by atoms with Crippen molar-refractivity contribution in [2.75, 3.05) is 18.9 Å². The van der Waals surface area contributed by atoms with Crippen LogP contribution in [0, 0.1) is 0 Å². The Morgan fingerprint density at radius 2 is 1.75 bits per heavy atom. The quantitative estimate of drug-likeness (QED) is 0.859. The lowest BCUT2D eigenvalue weighted by atomic mass is 10.1.